The van der Waals surface area contributed by atoms with Gasteiger partial charge in [-0.15, -0.1) is 11.3 Å². The number of amides is 1. The number of aryl methyl sites for hydroxylation is 1. The molecule has 3 rings (SSSR count). The summed E-state index contributed by atoms with van der Waals surface area (Å²) in [5, 5.41) is 15.5. The first-order chi connectivity index (χ1) is 13.4. The smallest absolute Gasteiger partial charge is 0.303 e. The van der Waals surface area contributed by atoms with Gasteiger partial charge in [-0.3, -0.25) is 9.59 Å². The van der Waals surface area contributed by atoms with E-state index in [1.165, 1.54) is 0 Å². The fraction of sp³-hybridized carbons (Fsp3) is 0.286. The maximum atomic E-state index is 12.6. The molecule has 0 saturated heterocycles. The summed E-state index contributed by atoms with van der Waals surface area (Å²) in [6.07, 6.45) is 0.536. The maximum absolute atomic E-state index is 12.6. The second-order valence-corrected chi connectivity index (χ2v) is 7.77. The minimum atomic E-state index is -0.818. The number of rotatable bonds is 7. The molecule has 1 aromatic carbocycles. The zero-order valence-electron chi connectivity index (χ0n) is 16.2. The van der Waals surface area contributed by atoms with Crippen LogP contribution in [0.2, 0.25) is 0 Å². The predicted octanol–water partition coefficient (Wildman–Crippen LogP) is 3.84. The third-order valence-electron chi connectivity index (χ3n) is 4.71. The normalized spacial score (nSPS) is 10.8. The number of carbonyl (C=O) groups is 2. The molecule has 0 saturated carbocycles. The number of nitrogens with zero attached hydrogens (tertiary/aromatic N) is 3. The molecule has 2 heterocycles. The molecule has 0 fully saturated rings. The Morgan fingerprint density at radius 1 is 1.18 bits per heavy atom. The highest BCUT2D eigenvalue weighted by atomic mass is 32.1. The van der Waals surface area contributed by atoms with Crippen LogP contribution >= 0.6 is 11.3 Å². The van der Waals surface area contributed by atoms with Crippen molar-refractivity contribution < 1.29 is 14.7 Å². The fourth-order valence-electron chi connectivity index (χ4n) is 3.19. The van der Waals surface area contributed by atoms with Crippen LogP contribution < -0.4 is 0 Å². The molecule has 0 spiro atoms. The monoisotopic (exact) mass is 397 g/mol. The molecule has 0 aliphatic rings. The van der Waals surface area contributed by atoms with Crippen molar-refractivity contribution in [3.8, 4) is 5.69 Å². The van der Waals surface area contributed by atoms with Crippen LogP contribution in [0.4, 0.5) is 0 Å². The molecule has 146 valence electrons. The highest BCUT2D eigenvalue weighted by Gasteiger charge is 2.16. The average molecular weight is 398 g/mol. The van der Waals surface area contributed by atoms with Gasteiger partial charge in [0.25, 0.3) is 5.91 Å². The number of hydrogen-bond donors (Lipinski definition) is 1. The average Bonchev–Trinajstić information content (AvgIpc) is 3.27. The van der Waals surface area contributed by atoms with Gasteiger partial charge in [-0.25, -0.2) is 4.68 Å². The highest BCUT2D eigenvalue weighted by Crippen LogP contribution is 2.20. The van der Waals surface area contributed by atoms with Crippen molar-refractivity contribution in [2.45, 2.75) is 33.2 Å². The Bertz CT molecular complexity index is 975. The molecule has 0 bridgehead atoms. The van der Waals surface area contributed by atoms with Crippen molar-refractivity contribution in [3.63, 3.8) is 0 Å². The van der Waals surface area contributed by atoms with Crippen LogP contribution in [0.5, 0.6) is 0 Å². The number of benzene rings is 1. The Balaban J connectivity index is 1.76. The number of carboxylic acid groups (broad SMARTS) is 1. The minimum Gasteiger partial charge on any atom is -0.481 e. The predicted molar refractivity (Wildman–Crippen MR) is 109 cm³/mol. The van der Waals surface area contributed by atoms with E-state index >= 15 is 0 Å². The van der Waals surface area contributed by atoms with Gasteiger partial charge >= 0.3 is 5.97 Å². The molecule has 0 unspecified atom stereocenters. The van der Waals surface area contributed by atoms with Gasteiger partial charge in [-0.05, 0) is 61.5 Å². The lowest BCUT2D eigenvalue weighted by Gasteiger charge is -2.16. The number of aromatic nitrogens is 2. The van der Waals surface area contributed by atoms with Gasteiger partial charge in [0.15, 0.2) is 0 Å². The van der Waals surface area contributed by atoms with Crippen LogP contribution in [0, 0.1) is 13.8 Å². The van der Waals surface area contributed by atoms with Gasteiger partial charge in [0, 0.05) is 29.6 Å². The summed E-state index contributed by atoms with van der Waals surface area (Å²) in [5.74, 6) is -0.850. The summed E-state index contributed by atoms with van der Waals surface area (Å²) in [7, 11) is 1.80. The molecule has 28 heavy (non-hydrogen) atoms. The van der Waals surface area contributed by atoms with E-state index in [1.807, 2.05) is 43.5 Å². The van der Waals surface area contributed by atoms with E-state index in [4.69, 9.17) is 5.11 Å². The lowest BCUT2D eigenvalue weighted by atomic mass is 10.1. The second-order valence-electron chi connectivity index (χ2n) is 6.74. The molecule has 0 aliphatic heterocycles. The quantitative estimate of drug-likeness (QED) is 0.657. The summed E-state index contributed by atoms with van der Waals surface area (Å²) >= 11 is 1.63. The first-order valence-electron chi connectivity index (χ1n) is 9.02. The standard InChI is InChI=1S/C21H23N3O3S/c1-14-19(10-11-20(25)26)15(2)24(22-14)17-8-6-16(7-9-17)21(27)23(3)13-18-5-4-12-28-18/h4-9,12H,10-11,13H2,1-3H3,(H,25,26). The maximum Gasteiger partial charge on any atom is 0.303 e. The van der Waals surface area contributed by atoms with E-state index in [-0.39, 0.29) is 12.3 Å². The molecule has 6 nitrogen and oxygen atoms in total. The lowest BCUT2D eigenvalue weighted by Crippen LogP contribution is -2.25. The van der Waals surface area contributed by atoms with Gasteiger partial charge in [-0.1, -0.05) is 6.07 Å². The number of carboxylic acids is 1. The molecule has 0 radical (unpaired) electrons. The van der Waals surface area contributed by atoms with Gasteiger partial charge < -0.3 is 10.0 Å². The van der Waals surface area contributed by atoms with Gasteiger partial charge in [0.2, 0.25) is 0 Å². The zero-order chi connectivity index (χ0) is 20.3. The topological polar surface area (TPSA) is 75.4 Å². The fourth-order valence-corrected chi connectivity index (χ4v) is 3.95. The van der Waals surface area contributed by atoms with E-state index < -0.39 is 5.97 Å². The Morgan fingerprint density at radius 3 is 2.50 bits per heavy atom. The van der Waals surface area contributed by atoms with E-state index in [0.717, 1.165) is 27.5 Å². The molecular formula is C21H23N3O3S. The molecule has 2 aromatic heterocycles. The Hall–Kier alpha value is -2.93. The van der Waals surface area contributed by atoms with E-state index in [9.17, 15) is 9.59 Å². The molecular weight excluding hydrogens is 374 g/mol. The van der Waals surface area contributed by atoms with E-state index in [1.54, 1.807) is 40.1 Å². The van der Waals surface area contributed by atoms with Crippen molar-refractivity contribution in [2.24, 2.45) is 0 Å². The summed E-state index contributed by atoms with van der Waals surface area (Å²) < 4.78 is 1.80. The summed E-state index contributed by atoms with van der Waals surface area (Å²) in [4.78, 5) is 26.4. The van der Waals surface area contributed by atoms with Crippen LogP contribution in [-0.4, -0.2) is 38.7 Å². The van der Waals surface area contributed by atoms with Gasteiger partial charge in [0.1, 0.15) is 0 Å². The number of hydrogen-bond acceptors (Lipinski definition) is 4. The van der Waals surface area contributed by atoms with Crippen molar-refractivity contribution in [1.82, 2.24) is 14.7 Å². The van der Waals surface area contributed by atoms with Crippen molar-refractivity contribution in [2.75, 3.05) is 7.05 Å². The van der Waals surface area contributed by atoms with Crippen LogP contribution in [0.1, 0.15) is 38.6 Å². The second kappa shape index (κ2) is 8.39. The Morgan fingerprint density at radius 2 is 1.89 bits per heavy atom. The molecule has 3 aromatic rings. The summed E-state index contributed by atoms with van der Waals surface area (Å²) in [6, 6.07) is 11.3. The van der Waals surface area contributed by atoms with Gasteiger partial charge in [0.05, 0.1) is 17.9 Å². The summed E-state index contributed by atoms with van der Waals surface area (Å²) in [5.41, 5.74) is 4.18. The SMILES string of the molecule is Cc1nn(-c2ccc(C(=O)N(C)Cc3cccs3)cc2)c(C)c1CCC(=O)O. The van der Waals surface area contributed by atoms with Crippen LogP contribution in [-0.2, 0) is 17.8 Å². The van der Waals surface area contributed by atoms with Crippen LogP contribution in [0.3, 0.4) is 0 Å². The molecule has 0 atom stereocenters. The van der Waals surface area contributed by atoms with Crippen LogP contribution in [0.15, 0.2) is 41.8 Å². The third kappa shape index (κ3) is 4.31. The lowest BCUT2D eigenvalue weighted by molar-refractivity contribution is -0.136. The van der Waals surface area contributed by atoms with Crippen molar-refractivity contribution >= 4 is 23.2 Å². The van der Waals surface area contributed by atoms with Crippen LogP contribution in [0.25, 0.3) is 5.69 Å². The third-order valence-corrected chi connectivity index (χ3v) is 5.57. The number of thiophene rings is 1. The first kappa shape index (κ1) is 19.8. The van der Waals surface area contributed by atoms with E-state index in [0.29, 0.717) is 18.5 Å². The minimum absolute atomic E-state index is 0.0320. The van der Waals surface area contributed by atoms with Crippen molar-refractivity contribution in [1.29, 1.82) is 0 Å². The largest absolute Gasteiger partial charge is 0.481 e. The van der Waals surface area contributed by atoms with Gasteiger partial charge in [-0.2, -0.15) is 5.10 Å². The van der Waals surface area contributed by atoms with E-state index in [2.05, 4.69) is 5.10 Å². The first-order valence-corrected chi connectivity index (χ1v) is 9.90. The molecule has 7 heteroatoms. The zero-order valence-corrected chi connectivity index (χ0v) is 17.0. The van der Waals surface area contributed by atoms with Crippen molar-refractivity contribution in [3.05, 3.63) is 69.2 Å². The highest BCUT2D eigenvalue weighted by molar-refractivity contribution is 7.09. The molecule has 1 N–H and O–H groups in total. The number of aliphatic carboxylic acids is 1. The Kier molecular flexibility index (Phi) is 5.94. The molecule has 0 aliphatic carbocycles. The Labute approximate surface area is 168 Å². The number of carbonyl (C=O) groups excluding carboxylic acids is 1. The summed E-state index contributed by atoms with van der Waals surface area (Å²) in [6.45, 7) is 4.41. The molecule has 1 amide bonds.